The number of amidine groups is 1. The predicted octanol–water partition coefficient (Wildman–Crippen LogP) is 1.60. The summed E-state index contributed by atoms with van der Waals surface area (Å²) in [5.41, 5.74) is 3.17. The molecular formula is C18H22FN5O4S. The third kappa shape index (κ3) is 5.11. The Labute approximate surface area is 170 Å². The van der Waals surface area contributed by atoms with Gasteiger partial charge in [-0.1, -0.05) is 17.8 Å². The van der Waals surface area contributed by atoms with Gasteiger partial charge in [0.05, 0.1) is 23.9 Å². The summed E-state index contributed by atoms with van der Waals surface area (Å²) < 4.78 is 18.4. The molecule has 1 heterocycles. The third-order valence-electron chi connectivity index (χ3n) is 4.44. The Balaban J connectivity index is 1.74. The van der Waals surface area contributed by atoms with Crippen LogP contribution in [0.25, 0.3) is 0 Å². The van der Waals surface area contributed by atoms with Gasteiger partial charge in [0, 0.05) is 0 Å². The maximum Gasteiger partial charge on any atom is 0.230 e. The van der Waals surface area contributed by atoms with Crippen LogP contribution in [0.3, 0.4) is 0 Å². The zero-order chi connectivity index (χ0) is 21.0. The average molecular weight is 423 g/mol. The Morgan fingerprint density at radius 2 is 2.24 bits per heavy atom. The summed E-state index contributed by atoms with van der Waals surface area (Å²) in [4.78, 5) is 16.5. The number of benzene rings is 1. The van der Waals surface area contributed by atoms with Crippen LogP contribution in [-0.4, -0.2) is 50.3 Å². The van der Waals surface area contributed by atoms with Gasteiger partial charge in [0.25, 0.3) is 0 Å². The maximum absolute atomic E-state index is 13.6. The van der Waals surface area contributed by atoms with Gasteiger partial charge in [-0.25, -0.2) is 9.02 Å². The molecular weight excluding hydrogens is 401 g/mol. The number of aliphatic imine (C=N–C) groups is 1. The third-order valence-corrected chi connectivity index (χ3v) is 5.39. The van der Waals surface area contributed by atoms with Gasteiger partial charge >= 0.3 is 0 Å². The Hall–Kier alpha value is -2.50. The maximum atomic E-state index is 13.6. The lowest BCUT2D eigenvalue weighted by Gasteiger charge is -2.23. The molecule has 11 heteroatoms. The van der Waals surface area contributed by atoms with Crippen LogP contribution in [0.4, 0.5) is 4.39 Å². The number of hydrogen-bond acceptors (Lipinski definition) is 8. The lowest BCUT2D eigenvalue weighted by molar-refractivity contribution is -0.120. The molecule has 9 nitrogen and oxygen atoms in total. The molecule has 1 aliphatic carbocycles. The fraction of sp³-hybridized carbons (Fsp3) is 0.444. The fourth-order valence-electron chi connectivity index (χ4n) is 2.99. The van der Waals surface area contributed by atoms with E-state index in [1.54, 1.807) is 19.9 Å². The molecule has 1 aromatic carbocycles. The first kappa shape index (κ1) is 21.2. The van der Waals surface area contributed by atoms with Crippen LogP contribution in [0, 0.1) is 5.82 Å². The van der Waals surface area contributed by atoms with E-state index in [9.17, 15) is 19.5 Å². The molecule has 156 valence electrons. The second-order valence-electron chi connectivity index (χ2n) is 7.28. The van der Waals surface area contributed by atoms with Crippen molar-refractivity contribution in [1.82, 2.24) is 21.1 Å². The quantitative estimate of drug-likeness (QED) is 0.228. The van der Waals surface area contributed by atoms with Gasteiger partial charge in [0.1, 0.15) is 5.82 Å². The van der Waals surface area contributed by atoms with E-state index in [0.29, 0.717) is 6.42 Å². The van der Waals surface area contributed by atoms with Crippen LogP contribution in [-0.2, 0) is 11.2 Å². The van der Waals surface area contributed by atoms with Gasteiger partial charge < -0.3 is 10.4 Å². The highest BCUT2D eigenvalue weighted by Crippen LogP contribution is 2.35. The molecule has 29 heavy (non-hydrogen) atoms. The Morgan fingerprint density at radius 3 is 2.97 bits per heavy atom. The number of aliphatic hydroxyl groups is 1. The molecule has 0 fully saturated rings. The van der Waals surface area contributed by atoms with Crippen molar-refractivity contribution in [3.63, 3.8) is 0 Å². The average Bonchev–Trinajstić information content (AvgIpc) is 3.30. The summed E-state index contributed by atoms with van der Waals surface area (Å²) in [6.45, 7) is 3.19. The van der Waals surface area contributed by atoms with Crippen molar-refractivity contribution in [3.05, 3.63) is 40.8 Å². The predicted molar refractivity (Wildman–Crippen MR) is 103 cm³/mol. The number of nitrogens with zero attached hydrogens (tertiary/aromatic N) is 3. The minimum absolute atomic E-state index is 0.000819. The summed E-state index contributed by atoms with van der Waals surface area (Å²) >= 11 is 1.05. The Kier molecular flexibility index (Phi) is 6.50. The van der Waals surface area contributed by atoms with Crippen LogP contribution in [0.15, 0.2) is 32.8 Å². The SMILES string of the molecule is CC(C)(CO)NC(=O)CSc1nonc1C(=N[C@H]1CCc2ccc(F)cc21)NO. The molecule has 0 aliphatic heterocycles. The van der Waals surface area contributed by atoms with Gasteiger partial charge in [-0.05, 0) is 60.3 Å². The Morgan fingerprint density at radius 1 is 1.45 bits per heavy atom. The fourth-order valence-corrected chi connectivity index (χ4v) is 3.69. The minimum atomic E-state index is -0.743. The second-order valence-corrected chi connectivity index (χ2v) is 8.25. The number of nitrogens with one attached hydrogen (secondary N) is 2. The van der Waals surface area contributed by atoms with Gasteiger partial charge in [0.15, 0.2) is 16.6 Å². The summed E-state index contributed by atoms with van der Waals surface area (Å²) in [6.07, 6.45) is 1.42. The molecule has 0 saturated carbocycles. The Bertz CT molecular complexity index is 917. The molecule has 1 aromatic heterocycles. The summed E-state index contributed by atoms with van der Waals surface area (Å²) in [5.74, 6) is -0.632. The molecule has 2 aromatic rings. The standard InChI is InChI=1S/C18H22FN5O4S/c1-18(2,9-25)21-14(26)8-29-17-15(23-28-24-17)16(22-27)20-13-6-4-10-3-5-11(19)7-12(10)13/h3,5,7,13,25,27H,4,6,8-9H2,1-2H3,(H,20,22)(H,21,26)/t13-/m0/s1. The highest BCUT2D eigenvalue weighted by atomic mass is 32.2. The van der Waals surface area contributed by atoms with Crippen LogP contribution in [0.1, 0.15) is 43.1 Å². The molecule has 1 amide bonds. The van der Waals surface area contributed by atoms with E-state index in [1.807, 2.05) is 5.48 Å². The smallest absolute Gasteiger partial charge is 0.230 e. The number of fused-ring (bicyclic) bond motifs is 1. The van der Waals surface area contributed by atoms with Crippen LogP contribution >= 0.6 is 11.8 Å². The van der Waals surface area contributed by atoms with Crippen LogP contribution in [0.2, 0.25) is 0 Å². The zero-order valence-electron chi connectivity index (χ0n) is 16.0. The van der Waals surface area contributed by atoms with E-state index in [4.69, 9.17) is 4.63 Å². The van der Waals surface area contributed by atoms with Crippen molar-refractivity contribution in [2.45, 2.75) is 43.3 Å². The number of carbonyl (C=O) groups is 1. The van der Waals surface area contributed by atoms with Gasteiger partial charge in [0.2, 0.25) is 5.91 Å². The first-order valence-corrected chi connectivity index (χ1v) is 9.95. The topological polar surface area (TPSA) is 133 Å². The van der Waals surface area contributed by atoms with E-state index in [-0.39, 0.29) is 46.7 Å². The second kappa shape index (κ2) is 8.89. The van der Waals surface area contributed by atoms with Gasteiger partial charge in [-0.2, -0.15) is 0 Å². The van der Waals surface area contributed by atoms with Crippen molar-refractivity contribution in [2.24, 2.45) is 4.99 Å². The monoisotopic (exact) mass is 423 g/mol. The first-order valence-electron chi connectivity index (χ1n) is 8.97. The molecule has 4 N–H and O–H groups in total. The lowest BCUT2D eigenvalue weighted by Crippen LogP contribution is -2.47. The number of halogens is 1. The number of carbonyl (C=O) groups excluding carboxylic acids is 1. The van der Waals surface area contributed by atoms with E-state index in [2.05, 4.69) is 20.6 Å². The molecule has 0 radical (unpaired) electrons. The van der Waals surface area contributed by atoms with E-state index < -0.39 is 5.54 Å². The number of aromatic nitrogens is 2. The number of thioether (sulfide) groups is 1. The van der Waals surface area contributed by atoms with E-state index in [0.717, 1.165) is 29.3 Å². The normalized spacial score (nSPS) is 16.6. The lowest BCUT2D eigenvalue weighted by atomic mass is 10.1. The number of rotatable bonds is 7. The molecule has 0 spiro atoms. The molecule has 1 atom stereocenters. The summed E-state index contributed by atoms with van der Waals surface area (Å²) in [6, 6.07) is 4.24. The first-order chi connectivity index (χ1) is 13.8. The number of aliphatic hydroxyl groups excluding tert-OH is 1. The van der Waals surface area contributed by atoms with Crippen LogP contribution < -0.4 is 10.8 Å². The van der Waals surface area contributed by atoms with Crippen molar-refractivity contribution in [2.75, 3.05) is 12.4 Å². The van der Waals surface area contributed by atoms with Gasteiger partial charge in [-0.3, -0.25) is 20.5 Å². The molecule has 3 rings (SSSR count). The largest absolute Gasteiger partial charge is 0.394 e. The highest BCUT2D eigenvalue weighted by molar-refractivity contribution is 8.00. The van der Waals surface area contributed by atoms with Crippen molar-refractivity contribution >= 4 is 23.5 Å². The van der Waals surface area contributed by atoms with E-state index in [1.165, 1.54) is 12.1 Å². The molecule has 1 aliphatic rings. The van der Waals surface area contributed by atoms with E-state index >= 15 is 0 Å². The number of hydroxylamine groups is 1. The number of amides is 1. The van der Waals surface area contributed by atoms with Crippen molar-refractivity contribution in [1.29, 1.82) is 0 Å². The molecule has 0 unspecified atom stereocenters. The highest BCUT2D eigenvalue weighted by Gasteiger charge is 2.26. The van der Waals surface area contributed by atoms with Gasteiger partial charge in [-0.15, -0.1) is 0 Å². The zero-order valence-corrected chi connectivity index (χ0v) is 16.8. The molecule has 0 saturated heterocycles. The summed E-state index contributed by atoms with van der Waals surface area (Å²) in [7, 11) is 0. The molecule has 0 bridgehead atoms. The minimum Gasteiger partial charge on any atom is -0.394 e. The van der Waals surface area contributed by atoms with Crippen molar-refractivity contribution in [3.8, 4) is 0 Å². The summed E-state index contributed by atoms with van der Waals surface area (Å²) in [5, 5.41) is 29.3. The van der Waals surface area contributed by atoms with Crippen molar-refractivity contribution < 1.29 is 24.1 Å². The number of aryl methyl sites for hydroxylation is 1. The van der Waals surface area contributed by atoms with Crippen LogP contribution in [0.5, 0.6) is 0 Å². The number of hydrogen-bond donors (Lipinski definition) is 4.